The van der Waals surface area contributed by atoms with Crippen molar-refractivity contribution in [1.82, 2.24) is 19.9 Å². The van der Waals surface area contributed by atoms with E-state index < -0.39 is 0 Å². The highest BCUT2D eigenvalue weighted by Crippen LogP contribution is 2.36. The van der Waals surface area contributed by atoms with Crippen LogP contribution < -0.4 is 10.0 Å². The van der Waals surface area contributed by atoms with Crippen molar-refractivity contribution in [1.29, 1.82) is 0 Å². The highest BCUT2D eigenvalue weighted by atomic mass is 32.2. The molecule has 0 spiro atoms. The first-order chi connectivity index (χ1) is 11.7. The first-order valence-corrected chi connectivity index (χ1v) is 8.60. The Morgan fingerprint density at radius 3 is 2.62 bits per heavy atom. The number of rotatable bonds is 3. The Kier molecular flexibility index (Phi) is 3.95. The molecule has 2 N–H and O–H groups in total. The molecule has 0 radical (unpaired) electrons. The third kappa shape index (κ3) is 2.65. The topological polar surface area (TPSA) is 74.3 Å². The zero-order valence-corrected chi connectivity index (χ0v) is 13.6. The molecule has 2 aliphatic heterocycles. The molecule has 0 saturated carbocycles. The third-order valence-electron chi connectivity index (χ3n) is 4.24. The molecule has 3 unspecified atom stereocenters. The van der Waals surface area contributed by atoms with Gasteiger partial charge in [0.1, 0.15) is 5.25 Å². The molecule has 1 aromatic heterocycles. The minimum absolute atomic E-state index is 0.163. The Morgan fingerprint density at radius 2 is 1.88 bits per heavy atom. The number of carbonyl (C=O) groups is 2. The van der Waals surface area contributed by atoms with Gasteiger partial charge in [-0.2, -0.15) is 0 Å². The summed E-state index contributed by atoms with van der Waals surface area (Å²) in [5.41, 5.74) is 1.75. The van der Waals surface area contributed by atoms with Crippen molar-refractivity contribution in [2.24, 2.45) is 0 Å². The number of benzene rings is 1. The lowest BCUT2D eigenvalue weighted by Crippen LogP contribution is -2.61. The van der Waals surface area contributed by atoms with Crippen LogP contribution in [0.2, 0.25) is 0 Å². The van der Waals surface area contributed by atoms with Crippen molar-refractivity contribution in [3.8, 4) is 0 Å². The van der Waals surface area contributed by atoms with Crippen LogP contribution in [0.4, 0.5) is 4.79 Å². The Balaban J connectivity index is 1.55. The van der Waals surface area contributed by atoms with Gasteiger partial charge in [-0.1, -0.05) is 48.3 Å². The van der Waals surface area contributed by atoms with E-state index in [1.165, 1.54) is 16.8 Å². The number of hydrogen-bond donors (Lipinski definition) is 2. The van der Waals surface area contributed by atoms with Crippen molar-refractivity contribution in [3.63, 3.8) is 0 Å². The van der Waals surface area contributed by atoms with E-state index in [-0.39, 0.29) is 35.8 Å². The minimum Gasteiger partial charge on any atom is -0.331 e. The zero-order chi connectivity index (χ0) is 16.5. The summed E-state index contributed by atoms with van der Waals surface area (Å²) in [4.78, 5) is 30.9. The predicted molar refractivity (Wildman–Crippen MR) is 90.8 cm³/mol. The first kappa shape index (κ1) is 15.2. The average Bonchev–Trinajstić information content (AvgIpc) is 3.04. The van der Waals surface area contributed by atoms with Gasteiger partial charge in [0.25, 0.3) is 0 Å². The molecule has 2 aliphatic rings. The molecule has 2 saturated heterocycles. The first-order valence-electron chi connectivity index (χ1n) is 7.72. The maximum absolute atomic E-state index is 12.8. The van der Waals surface area contributed by atoms with Crippen LogP contribution in [0, 0.1) is 0 Å². The van der Waals surface area contributed by atoms with Gasteiger partial charge in [-0.15, -0.1) is 0 Å². The van der Waals surface area contributed by atoms with Crippen molar-refractivity contribution in [2.45, 2.75) is 23.9 Å². The standard InChI is InChI=1S/C17H16N4O2S/c22-16-15-14(13(20-24-15)12-8-4-5-9-18-12)19-17(23)21(16)10-11-6-2-1-3-7-11/h1-9,13-15,20H,10H2,(H,19,23). The summed E-state index contributed by atoms with van der Waals surface area (Å²) in [6.07, 6.45) is 1.71. The predicted octanol–water partition coefficient (Wildman–Crippen LogP) is 1.86. The lowest BCUT2D eigenvalue weighted by molar-refractivity contribution is -0.130. The normalized spacial score (nSPS) is 26.2. The molecule has 6 nitrogen and oxygen atoms in total. The highest BCUT2D eigenvalue weighted by molar-refractivity contribution is 7.99. The molecule has 3 amide bonds. The van der Waals surface area contributed by atoms with Gasteiger partial charge in [0.05, 0.1) is 24.3 Å². The van der Waals surface area contributed by atoms with Crippen LogP contribution in [0.3, 0.4) is 0 Å². The summed E-state index contributed by atoms with van der Waals surface area (Å²) in [6, 6.07) is 14.3. The van der Waals surface area contributed by atoms with E-state index in [1.54, 1.807) is 6.20 Å². The second kappa shape index (κ2) is 6.26. The van der Waals surface area contributed by atoms with Gasteiger partial charge >= 0.3 is 6.03 Å². The second-order valence-corrected chi connectivity index (χ2v) is 6.75. The number of imide groups is 1. The van der Waals surface area contributed by atoms with Crippen LogP contribution >= 0.6 is 11.9 Å². The van der Waals surface area contributed by atoms with Gasteiger partial charge in [0.2, 0.25) is 5.91 Å². The van der Waals surface area contributed by atoms with Crippen LogP contribution in [-0.4, -0.2) is 33.1 Å². The van der Waals surface area contributed by atoms with Crippen LogP contribution in [0.15, 0.2) is 54.7 Å². The summed E-state index contributed by atoms with van der Waals surface area (Å²) < 4.78 is 3.24. The molecule has 2 aromatic rings. The smallest absolute Gasteiger partial charge is 0.324 e. The Morgan fingerprint density at radius 1 is 1.08 bits per heavy atom. The summed E-state index contributed by atoms with van der Waals surface area (Å²) in [6.45, 7) is 0.281. The van der Waals surface area contributed by atoms with Crippen LogP contribution in [-0.2, 0) is 11.3 Å². The van der Waals surface area contributed by atoms with Crippen molar-refractivity contribution in [2.75, 3.05) is 0 Å². The van der Waals surface area contributed by atoms with Gasteiger partial charge in [-0.05, 0) is 17.7 Å². The van der Waals surface area contributed by atoms with Gasteiger partial charge in [0.15, 0.2) is 0 Å². The fraction of sp³-hybridized carbons (Fsp3) is 0.235. The van der Waals surface area contributed by atoms with E-state index in [2.05, 4.69) is 15.0 Å². The lowest BCUT2D eigenvalue weighted by Gasteiger charge is -2.34. The number of amides is 3. The number of fused-ring (bicyclic) bond motifs is 1. The molecule has 2 fully saturated rings. The SMILES string of the molecule is O=C1NC2C(SNC2c2ccccn2)C(=O)N1Cc1ccccc1. The summed E-state index contributed by atoms with van der Waals surface area (Å²) in [7, 11) is 0. The largest absolute Gasteiger partial charge is 0.331 e. The van der Waals surface area contributed by atoms with E-state index in [1.807, 2.05) is 48.5 Å². The molecular weight excluding hydrogens is 324 g/mol. The Hall–Kier alpha value is -2.38. The van der Waals surface area contributed by atoms with Crippen LogP contribution in [0.25, 0.3) is 0 Å². The number of carbonyl (C=O) groups excluding carboxylic acids is 2. The number of urea groups is 1. The fourth-order valence-electron chi connectivity index (χ4n) is 3.03. The van der Waals surface area contributed by atoms with Crippen molar-refractivity contribution < 1.29 is 9.59 Å². The molecule has 0 aliphatic carbocycles. The van der Waals surface area contributed by atoms with Crippen LogP contribution in [0.5, 0.6) is 0 Å². The van der Waals surface area contributed by atoms with Crippen molar-refractivity contribution >= 4 is 23.9 Å². The maximum atomic E-state index is 12.8. The van der Waals surface area contributed by atoms with Gasteiger partial charge in [-0.3, -0.25) is 19.4 Å². The molecule has 3 heterocycles. The number of aromatic nitrogens is 1. The zero-order valence-electron chi connectivity index (χ0n) is 12.8. The molecule has 122 valence electrons. The lowest BCUT2D eigenvalue weighted by atomic mass is 9.99. The molecular formula is C17H16N4O2S. The maximum Gasteiger partial charge on any atom is 0.324 e. The van der Waals surface area contributed by atoms with E-state index in [0.29, 0.717) is 0 Å². The van der Waals surface area contributed by atoms with E-state index in [4.69, 9.17) is 0 Å². The molecule has 24 heavy (non-hydrogen) atoms. The van der Waals surface area contributed by atoms with Crippen LogP contribution in [0.1, 0.15) is 17.3 Å². The number of hydrogen-bond acceptors (Lipinski definition) is 5. The third-order valence-corrected chi connectivity index (χ3v) is 5.38. The van der Waals surface area contributed by atoms with Gasteiger partial charge in [-0.25, -0.2) is 4.79 Å². The molecule has 3 atom stereocenters. The summed E-state index contributed by atoms with van der Waals surface area (Å²) >= 11 is 1.36. The van der Waals surface area contributed by atoms with Gasteiger partial charge in [0, 0.05) is 6.20 Å². The number of nitrogens with one attached hydrogen (secondary N) is 2. The second-order valence-electron chi connectivity index (χ2n) is 5.77. The fourth-order valence-corrected chi connectivity index (χ4v) is 4.19. The molecule has 1 aromatic carbocycles. The average molecular weight is 340 g/mol. The summed E-state index contributed by atoms with van der Waals surface area (Å²) in [5, 5.41) is 2.62. The molecule has 7 heteroatoms. The molecule has 4 rings (SSSR count). The molecule has 0 bridgehead atoms. The number of pyridine rings is 1. The van der Waals surface area contributed by atoms with Crippen molar-refractivity contribution in [3.05, 3.63) is 66.0 Å². The monoisotopic (exact) mass is 340 g/mol. The highest BCUT2D eigenvalue weighted by Gasteiger charge is 2.49. The van der Waals surface area contributed by atoms with E-state index in [0.717, 1.165) is 11.3 Å². The number of nitrogens with zero attached hydrogens (tertiary/aromatic N) is 2. The van der Waals surface area contributed by atoms with Gasteiger partial charge < -0.3 is 5.32 Å². The summed E-state index contributed by atoms with van der Waals surface area (Å²) in [5.74, 6) is -0.163. The van der Waals surface area contributed by atoms with E-state index in [9.17, 15) is 9.59 Å². The Labute approximate surface area is 143 Å². The minimum atomic E-state index is -0.352. The van der Waals surface area contributed by atoms with E-state index >= 15 is 0 Å². The quantitative estimate of drug-likeness (QED) is 0.835. The Bertz CT molecular complexity index is 756.